The number of aryl methyl sites for hydroxylation is 1. The molecular formula is C11H11ClFN3O. The van der Waals surface area contributed by atoms with Crippen LogP contribution in [-0.2, 0) is 12.6 Å². The first-order chi connectivity index (χ1) is 7.93. The molecule has 0 spiro atoms. The SMILES string of the molecule is Cn1ncc(Cl)c1C(C)(O)c1cncc(F)c1. The molecule has 0 saturated carbocycles. The average Bonchev–Trinajstić information content (AvgIpc) is 2.59. The van der Waals surface area contributed by atoms with Crippen LogP contribution in [0.2, 0.25) is 5.02 Å². The highest BCUT2D eigenvalue weighted by molar-refractivity contribution is 6.31. The van der Waals surface area contributed by atoms with Gasteiger partial charge in [-0.1, -0.05) is 11.6 Å². The monoisotopic (exact) mass is 255 g/mol. The van der Waals surface area contributed by atoms with Gasteiger partial charge in [-0.3, -0.25) is 9.67 Å². The Morgan fingerprint density at radius 1 is 1.41 bits per heavy atom. The first kappa shape index (κ1) is 12.0. The summed E-state index contributed by atoms with van der Waals surface area (Å²) >= 11 is 5.96. The zero-order valence-electron chi connectivity index (χ0n) is 9.35. The van der Waals surface area contributed by atoms with Crippen molar-refractivity contribution in [1.82, 2.24) is 14.8 Å². The summed E-state index contributed by atoms with van der Waals surface area (Å²) < 4.78 is 14.6. The van der Waals surface area contributed by atoms with Crippen LogP contribution in [0.1, 0.15) is 18.2 Å². The maximum Gasteiger partial charge on any atom is 0.141 e. The Labute approximate surface area is 103 Å². The number of pyridine rings is 1. The third-order valence-electron chi connectivity index (χ3n) is 2.62. The predicted molar refractivity (Wildman–Crippen MR) is 61.1 cm³/mol. The van der Waals surface area contributed by atoms with Crippen LogP contribution in [-0.4, -0.2) is 19.9 Å². The molecular weight excluding hydrogens is 245 g/mol. The fourth-order valence-corrected chi connectivity index (χ4v) is 2.12. The van der Waals surface area contributed by atoms with Crippen molar-refractivity contribution in [3.8, 4) is 0 Å². The third kappa shape index (κ3) is 2.03. The molecule has 2 aromatic rings. The molecule has 4 nitrogen and oxygen atoms in total. The molecule has 17 heavy (non-hydrogen) atoms. The van der Waals surface area contributed by atoms with Gasteiger partial charge in [0.25, 0.3) is 0 Å². The van der Waals surface area contributed by atoms with Crippen LogP contribution in [0, 0.1) is 5.82 Å². The van der Waals surface area contributed by atoms with Crippen molar-refractivity contribution in [2.24, 2.45) is 7.05 Å². The van der Waals surface area contributed by atoms with E-state index in [1.807, 2.05) is 0 Å². The summed E-state index contributed by atoms with van der Waals surface area (Å²) in [6.45, 7) is 1.52. The van der Waals surface area contributed by atoms with Gasteiger partial charge in [0.05, 0.1) is 23.1 Å². The summed E-state index contributed by atoms with van der Waals surface area (Å²) in [6.07, 6.45) is 3.90. The van der Waals surface area contributed by atoms with Gasteiger partial charge in [0, 0.05) is 18.8 Å². The Morgan fingerprint density at radius 2 is 2.12 bits per heavy atom. The molecule has 0 saturated heterocycles. The van der Waals surface area contributed by atoms with Gasteiger partial charge in [0.1, 0.15) is 11.4 Å². The maximum atomic E-state index is 13.1. The van der Waals surface area contributed by atoms with Crippen molar-refractivity contribution in [2.45, 2.75) is 12.5 Å². The lowest BCUT2D eigenvalue weighted by Crippen LogP contribution is -2.26. The Balaban J connectivity index is 2.57. The van der Waals surface area contributed by atoms with Crippen LogP contribution in [0.4, 0.5) is 4.39 Å². The molecule has 0 radical (unpaired) electrons. The normalized spacial score (nSPS) is 14.6. The Bertz CT molecular complexity index is 534. The molecule has 0 aromatic carbocycles. The van der Waals surface area contributed by atoms with Crippen LogP contribution in [0.15, 0.2) is 24.7 Å². The summed E-state index contributed by atoms with van der Waals surface area (Å²) in [6, 6.07) is 1.22. The molecule has 0 fully saturated rings. The molecule has 0 bridgehead atoms. The molecule has 1 N–H and O–H groups in total. The highest BCUT2D eigenvalue weighted by Gasteiger charge is 2.32. The van der Waals surface area contributed by atoms with Gasteiger partial charge in [0.2, 0.25) is 0 Å². The van der Waals surface area contributed by atoms with Crippen LogP contribution < -0.4 is 0 Å². The van der Waals surface area contributed by atoms with Crippen molar-refractivity contribution in [2.75, 3.05) is 0 Å². The summed E-state index contributed by atoms with van der Waals surface area (Å²) in [7, 11) is 1.66. The van der Waals surface area contributed by atoms with Crippen LogP contribution in [0.25, 0.3) is 0 Å². The van der Waals surface area contributed by atoms with Crippen molar-refractivity contribution in [3.63, 3.8) is 0 Å². The summed E-state index contributed by atoms with van der Waals surface area (Å²) in [5, 5.41) is 14.7. The minimum absolute atomic E-state index is 0.321. The number of aliphatic hydroxyl groups is 1. The quantitative estimate of drug-likeness (QED) is 0.891. The molecule has 1 unspecified atom stereocenters. The fourth-order valence-electron chi connectivity index (χ4n) is 1.77. The molecule has 2 aromatic heterocycles. The van der Waals surface area contributed by atoms with E-state index in [2.05, 4.69) is 10.1 Å². The lowest BCUT2D eigenvalue weighted by Gasteiger charge is -2.24. The van der Waals surface area contributed by atoms with Gasteiger partial charge in [-0.15, -0.1) is 0 Å². The second-order valence-corrected chi connectivity index (χ2v) is 4.34. The first-order valence-corrected chi connectivity index (χ1v) is 5.32. The number of hydrogen-bond donors (Lipinski definition) is 1. The van der Waals surface area contributed by atoms with E-state index in [0.29, 0.717) is 16.3 Å². The Hall–Kier alpha value is -1.46. The van der Waals surface area contributed by atoms with Crippen LogP contribution >= 0.6 is 11.6 Å². The maximum absolute atomic E-state index is 13.1. The largest absolute Gasteiger partial charge is 0.379 e. The summed E-state index contributed by atoms with van der Waals surface area (Å²) in [5.41, 5.74) is -0.730. The highest BCUT2D eigenvalue weighted by atomic mass is 35.5. The lowest BCUT2D eigenvalue weighted by molar-refractivity contribution is 0.0922. The van der Waals surface area contributed by atoms with Gasteiger partial charge in [-0.2, -0.15) is 5.10 Å². The topological polar surface area (TPSA) is 50.9 Å². The molecule has 6 heteroatoms. The molecule has 0 aliphatic heterocycles. The van der Waals surface area contributed by atoms with E-state index in [1.165, 1.54) is 30.1 Å². The number of aromatic nitrogens is 3. The third-order valence-corrected chi connectivity index (χ3v) is 2.90. The summed E-state index contributed by atoms with van der Waals surface area (Å²) in [4.78, 5) is 3.71. The van der Waals surface area contributed by atoms with Crippen molar-refractivity contribution >= 4 is 11.6 Å². The molecule has 0 amide bonds. The van der Waals surface area contributed by atoms with Gasteiger partial charge >= 0.3 is 0 Å². The highest BCUT2D eigenvalue weighted by Crippen LogP contribution is 2.33. The van der Waals surface area contributed by atoms with E-state index in [-0.39, 0.29) is 0 Å². The zero-order chi connectivity index (χ0) is 12.6. The molecule has 1 atom stereocenters. The van der Waals surface area contributed by atoms with E-state index in [1.54, 1.807) is 7.05 Å². The van der Waals surface area contributed by atoms with Crippen LogP contribution in [0.5, 0.6) is 0 Å². The van der Waals surface area contributed by atoms with Gasteiger partial charge < -0.3 is 5.11 Å². The number of halogens is 2. The van der Waals surface area contributed by atoms with E-state index in [9.17, 15) is 9.50 Å². The molecule has 2 rings (SSSR count). The van der Waals surface area contributed by atoms with Crippen molar-refractivity contribution < 1.29 is 9.50 Å². The number of nitrogens with zero attached hydrogens (tertiary/aromatic N) is 3. The van der Waals surface area contributed by atoms with E-state index in [4.69, 9.17) is 11.6 Å². The van der Waals surface area contributed by atoms with Gasteiger partial charge in [-0.05, 0) is 13.0 Å². The van der Waals surface area contributed by atoms with Crippen molar-refractivity contribution in [1.29, 1.82) is 0 Å². The number of hydrogen-bond acceptors (Lipinski definition) is 3. The second-order valence-electron chi connectivity index (χ2n) is 3.93. The Morgan fingerprint density at radius 3 is 2.65 bits per heavy atom. The Kier molecular flexibility index (Phi) is 2.89. The lowest BCUT2D eigenvalue weighted by atomic mass is 9.94. The second kappa shape index (κ2) is 4.09. The molecule has 0 aliphatic carbocycles. The fraction of sp³-hybridized carbons (Fsp3) is 0.273. The summed E-state index contributed by atoms with van der Waals surface area (Å²) in [5.74, 6) is -0.513. The van der Waals surface area contributed by atoms with Crippen molar-refractivity contribution in [3.05, 3.63) is 46.8 Å². The molecule has 0 aliphatic rings. The first-order valence-electron chi connectivity index (χ1n) is 4.94. The van der Waals surface area contributed by atoms with Crippen LogP contribution in [0.3, 0.4) is 0 Å². The van der Waals surface area contributed by atoms with Gasteiger partial charge in [0.15, 0.2) is 0 Å². The molecule has 90 valence electrons. The molecule has 2 heterocycles. The van der Waals surface area contributed by atoms with E-state index >= 15 is 0 Å². The van der Waals surface area contributed by atoms with Gasteiger partial charge in [-0.25, -0.2) is 4.39 Å². The predicted octanol–water partition coefficient (Wildman–Crippen LogP) is 1.86. The zero-order valence-corrected chi connectivity index (χ0v) is 10.1. The number of rotatable bonds is 2. The average molecular weight is 256 g/mol. The smallest absolute Gasteiger partial charge is 0.141 e. The van der Waals surface area contributed by atoms with E-state index < -0.39 is 11.4 Å². The minimum Gasteiger partial charge on any atom is -0.379 e. The minimum atomic E-state index is -1.45. The standard InChI is InChI=1S/C11H11ClFN3O/c1-11(17,7-3-8(13)5-14-4-7)10-9(12)6-15-16(10)2/h3-6,17H,1-2H3. The van der Waals surface area contributed by atoms with E-state index in [0.717, 1.165) is 6.20 Å².